The highest BCUT2D eigenvalue weighted by atomic mass is 32.2. The molecule has 1 aliphatic heterocycles. The summed E-state index contributed by atoms with van der Waals surface area (Å²) in [5.74, 6) is -1.60. The Kier molecular flexibility index (Phi) is 10.6. The van der Waals surface area contributed by atoms with Gasteiger partial charge in [-0.3, -0.25) is 9.59 Å². The number of carboxylic acid groups (broad SMARTS) is 1. The number of aliphatic carboxylic acids is 1. The van der Waals surface area contributed by atoms with Crippen molar-refractivity contribution in [3.8, 4) is 0 Å². The van der Waals surface area contributed by atoms with Crippen LogP contribution in [0, 0.1) is 13.8 Å². The maximum atomic E-state index is 13.2. The van der Waals surface area contributed by atoms with Gasteiger partial charge < -0.3 is 30.7 Å². The summed E-state index contributed by atoms with van der Waals surface area (Å²) in [6.07, 6.45) is 4.10. The van der Waals surface area contributed by atoms with Crippen molar-refractivity contribution in [2.45, 2.75) is 88.8 Å². The Morgan fingerprint density at radius 3 is 2.33 bits per heavy atom. The number of rotatable bonds is 12. The number of nitrogens with one attached hydrogen (secondary N) is 3. The lowest BCUT2D eigenvalue weighted by atomic mass is 9.95. The summed E-state index contributed by atoms with van der Waals surface area (Å²) in [5.41, 5.74) is 4.95. The Bertz CT molecular complexity index is 2010. The molecule has 3 amide bonds. The van der Waals surface area contributed by atoms with Crippen molar-refractivity contribution in [2.24, 2.45) is 0 Å². The van der Waals surface area contributed by atoms with E-state index in [9.17, 15) is 32.7 Å². The number of nitrogens with zero attached hydrogens (tertiary/aromatic N) is 1. The number of hydrogen-bond donors (Lipinski definition) is 4. The SMILES string of the molecule is Cc1cc(C(Nc2ccc3c(c2)C(=O)NC3)C(=O)O)cc(C)c1/C=C/CC(=O)Nc1ccc(S(=O)(=O)C2CC2)c(CN(C)C(=O)OC(C)(C)C)c1. The van der Waals surface area contributed by atoms with Crippen LogP contribution in [-0.2, 0) is 37.3 Å². The third-order valence-corrected chi connectivity index (χ3v) is 11.0. The number of amides is 3. The van der Waals surface area contributed by atoms with E-state index in [1.54, 1.807) is 69.3 Å². The molecule has 0 radical (unpaired) electrons. The maximum Gasteiger partial charge on any atom is 0.410 e. The maximum absolute atomic E-state index is 13.2. The molecule has 1 saturated carbocycles. The van der Waals surface area contributed by atoms with Gasteiger partial charge in [-0.05, 0) is 111 Å². The van der Waals surface area contributed by atoms with Crippen molar-refractivity contribution in [3.05, 3.63) is 93.6 Å². The van der Waals surface area contributed by atoms with Crippen LogP contribution in [0.2, 0.25) is 0 Å². The second-order valence-corrected chi connectivity index (χ2v) is 16.3. The van der Waals surface area contributed by atoms with Crippen LogP contribution in [0.25, 0.3) is 6.08 Å². The van der Waals surface area contributed by atoms with Gasteiger partial charge in [0.15, 0.2) is 15.9 Å². The van der Waals surface area contributed by atoms with E-state index < -0.39 is 38.8 Å². The van der Waals surface area contributed by atoms with Gasteiger partial charge in [-0.15, -0.1) is 0 Å². The zero-order valence-electron chi connectivity index (χ0n) is 29.6. The molecule has 2 aliphatic rings. The lowest BCUT2D eigenvalue weighted by Crippen LogP contribution is -2.34. The minimum absolute atomic E-state index is 0.0150. The van der Waals surface area contributed by atoms with E-state index in [0.717, 1.165) is 22.3 Å². The molecule has 12 nitrogen and oxygen atoms in total. The molecule has 1 unspecified atom stereocenters. The molecule has 4 N–H and O–H groups in total. The fraction of sp³-hybridized carbons (Fsp3) is 0.368. The van der Waals surface area contributed by atoms with E-state index in [1.165, 1.54) is 18.0 Å². The number of fused-ring (bicyclic) bond motifs is 1. The first-order chi connectivity index (χ1) is 23.9. The van der Waals surface area contributed by atoms with Crippen LogP contribution in [0.5, 0.6) is 0 Å². The lowest BCUT2D eigenvalue weighted by molar-refractivity contribution is -0.138. The van der Waals surface area contributed by atoms with Crippen LogP contribution < -0.4 is 16.0 Å². The normalized spacial score (nSPS) is 14.8. The summed E-state index contributed by atoms with van der Waals surface area (Å²) in [5, 5.41) is 18.2. The quantitative estimate of drug-likeness (QED) is 0.172. The molecule has 5 rings (SSSR count). The second kappa shape index (κ2) is 14.6. The van der Waals surface area contributed by atoms with Crippen LogP contribution in [0.4, 0.5) is 16.2 Å². The number of sulfone groups is 1. The first kappa shape index (κ1) is 37.1. The summed E-state index contributed by atoms with van der Waals surface area (Å²) >= 11 is 0. The minimum Gasteiger partial charge on any atom is -0.479 e. The summed E-state index contributed by atoms with van der Waals surface area (Å²) in [6, 6.07) is 12.3. The van der Waals surface area contributed by atoms with E-state index in [0.29, 0.717) is 47.5 Å². The van der Waals surface area contributed by atoms with Crippen molar-refractivity contribution >= 4 is 51.2 Å². The zero-order valence-corrected chi connectivity index (χ0v) is 30.4. The number of carbonyl (C=O) groups excluding carboxylic acids is 3. The van der Waals surface area contributed by atoms with Crippen LogP contribution in [0.15, 0.2) is 59.5 Å². The molecular weight excluding hydrogens is 673 g/mol. The highest BCUT2D eigenvalue weighted by Gasteiger charge is 2.38. The average Bonchev–Trinajstić information content (AvgIpc) is 3.84. The molecule has 1 heterocycles. The highest BCUT2D eigenvalue weighted by molar-refractivity contribution is 7.92. The Morgan fingerprint density at radius 2 is 1.71 bits per heavy atom. The van der Waals surface area contributed by atoms with Crippen molar-refractivity contribution < 1.29 is 37.4 Å². The molecule has 13 heteroatoms. The van der Waals surface area contributed by atoms with Gasteiger partial charge >= 0.3 is 12.1 Å². The van der Waals surface area contributed by atoms with Crippen molar-refractivity contribution in [1.82, 2.24) is 10.2 Å². The third-order valence-electron chi connectivity index (χ3n) is 8.62. The number of aryl methyl sites for hydroxylation is 2. The summed E-state index contributed by atoms with van der Waals surface area (Å²) in [7, 11) is -2.06. The standard InChI is InChI=1S/C38H44N4O8S/c1-22-16-25(34(36(45)46)41-28-11-10-24-20-39-35(44)31(24)19-28)17-23(2)30(22)8-7-9-33(43)40-27-12-15-32(51(48,49)29-13-14-29)26(18-27)21-42(6)37(47)50-38(3,4)5/h7-8,10-12,15-19,29,34,41H,9,13-14,20-21H2,1-6H3,(H,39,44)(H,40,43)(H,45,46)/b8-7+. The molecule has 3 aromatic rings. The Balaban J connectivity index is 1.27. The van der Waals surface area contributed by atoms with Gasteiger partial charge in [0.1, 0.15) is 5.60 Å². The number of carbonyl (C=O) groups is 4. The summed E-state index contributed by atoms with van der Waals surface area (Å²) < 4.78 is 31.8. The van der Waals surface area contributed by atoms with E-state index in [4.69, 9.17) is 4.74 Å². The van der Waals surface area contributed by atoms with Gasteiger partial charge in [0.05, 0.1) is 16.7 Å². The van der Waals surface area contributed by atoms with Gasteiger partial charge in [-0.2, -0.15) is 0 Å². The molecule has 0 bridgehead atoms. The zero-order chi connectivity index (χ0) is 37.2. The van der Waals surface area contributed by atoms with Gasteiger partial charge in [0, 0.05) is 37.0 Å². The number of hydrogen-bond acceptors (Lipinski definition) is 8. The largest absolute Gasteiger partial charge is 0.479 e. The molecule has 51 heavy (non-hydrogen) atoms. The number of anilines is 2. The smallest absolute Gasteiger partial charge is 0.410 e. The van der Waals surface area contributed by atoms with Crippen LogP contribution in [0.1, 0.15) is 89.8 Å². The topological polar surface area (TPSA) is 171 Å². The molecule has 1 fully saturated rings. The number of benzene rings is 3. The first-order valence-corrected chi connectivity index (χ1v) is 18.3. The Labute approximate surface area is 298 Å². The second-order valence-electron chi connectivity index (χ2n) is 14.1. The number of carboxylic acids is 1. The molecule has 270 valence electrons. The average molecular weight is 717 g/mol. The van der Waals surface area contributed by atoms with E-state index in [-0.39, 0.29) is 29.7 Å². The molecule has 3 aromatic carbocycles. The molecule has 0 aromatic heterocycles. The fourth-order valence-electron chi connectivity index (χ4n) is 5.97. The van der Waals surface area contributed by atoms with E-state index >= 15 is 0 Å². The van der Waals surface area contributed by atoms with Gasteiger partial charge in [-0.25, -0.2) is 18.0 Å². The van der Waals surface area contributed by atoms with E-state index in [1.807, 2.05) is 19.9 Å². The molecule has 0 spiro atoms. The highest BCUT2D eigenvalue weighted by Crippen LogP contribution is 2.36. The number of ether oxygens (including phenoxy) is 1. The minimum atomic E-state index is -3.59. The van der Waals surface area contributed by atoms with Crippen LogP contribution in [0.3, 0.4) is 0 Å². The van der Waals surface area contributed by atoms with Gasteiger partial charge in [0.25, 0.3) is 5.91 Å². The fourth-order valence-corrected chi connectivity index (χ4v) is 7.83. The Hall–Kier alpha value is -5.17. The lowest BCUT2D eigenvalue weighted by Gasteiger charge is -2.25. The first-order valence-electron chi connectivity index (χ1n) is 16.7. The van der Waals surface area contributed by atoms with Crippen molar-refractivity contribution in [3.63, 3.8) is 0 Å². The van der Waals surface area contributed by atoms with E-state index in [2.05, 4.69) is 16.0 Å². The molecule has 0 saturated heterocycles. The van der Waals surface area contributed by atoms with Gasteiger partial charge in [-0.1, -0.05) is 30.4 Å². The van der Waals surface area contributed by atoms with Crippen LogP contribution >= 0.6 is 0 Å². The third kappa shape index (κ3) is 8.95. The van der Waals surface area contributed by atoms with Crippen LogP contribution in [-0.4, -0.2) is 60.2 Å². The molecule has 1 atom stereocenters. The molecule has 1 aliphatic carbocycles. The van der Waals surface area contributed by atoms with Crippen molar-refractivity contribution in [1.29, 1.82) is 0 Å². The predicted molar refractivity (Wildman–Crippen MR) is 194 cm³/mol. The monoisotopic (exact) mass is 716 g/mol. The van der Waals surface area contributed by atoms with Crippen molar-refractivity contribution in [2.75, 3.05) is 17.7 Å². The predicted octanol–water partition coefficient (Wildman–Crippen LogP) is 6.13. The summed E-state index contributed by atoms with van der Waals surface area (Å²) in [6.45, 7) is 9.38. The Morgan fingerprint density at radius 1 is 1.04 bits per heavy atom. The van der Waals surface area contributed by atoms with Gasteiger partial charge in [0.2, 0.25) is 5.91 Å². The molecular formula is C38H44N4O8S. The summed E-state index contributed by atoms with van der Waals surface area (Å²) in [4.78, 5) is 51.5.